The fraction of sp³-hybridized carbons (Fsp3) is 0.391. The van der Waals surface area contributed by atoms with Gasteiger partial charge in [0.2, 0.25) is 5.91 Å². The Morgan fingerprint density at radius 2 is 1.60 bits per heavy atom. The average molecular weight is 413 g/mol. The van der Waals surface area contributed by atoms with Crippen LogP contribution in [0, 0.1) is 0 Å². The van der Waals surface area contributed by atoms with E-state index in [4.69, 9.17) is 9.47 Å². The van der Waals surface area contributed by atoms with Crippen molar-refractivity contribution in [3.8, 4) is 0 Å². The summed E-state index contributed by atoms with van der Waals surface area (Å²) in [5, 5.41) is 2.64. The zero-order chi connectivity index (χ0) is 21.8. The molecule has 0 unspecified atom stereocenters. The third-order valence-electron chi connectivity index (χ3n) is 4.50. The molecule has 2 rings (SSSR count). The third-order valence-corrected chi connectivity index (χ3v) is 4.50. The van der Waals surface area contributed by atoms with Gasteiger partial charge in [-0.2, -0.15) is 0 Å². The highest BCUT2D eigenvalue weighted by Crippen LogP contribution is 2.20. The van der Waals surface area contributed by atoms with E-state index in [1.54, 1.807) is 31.2 Å². The number of ether oxygens (including phenoxy) is 2. The number of rotatable bonds is 9. The fourth-order valence-corrected chi connectivity index (χ4v) is 3.03. The van der Waals surface area contributed by atoms with Crippen molar-refractivity contribution >= 4 is 29.3 Å². The number of nitrogens with one attached hydrogen (secondary N) is 1. The predicted octanol–water partition coefficient (Wildman–Crippen LogP) is 3.29. The summed E-state index contributed by atoms with van der Waals surface area (Å²) in [6, 6.07) is 6.72. The van der Waals surface area contributed by atoms with Crippen molar-refractivity contribution < 1.29 is 28.7 Å². The lowest BCUT2D eigenvalue weighted by molar-refractivity contribution is -0.144. The smallest absolute Gasteiger partial charge is 0.331 e. The molecule has 0 heterocycles. The van der Waals surface area contributed by atoms with Crippen molar-refractivity contribution in [3.05, 3.63) is 54.1 Å². The summed E-state index contributed by atoms with van der Waals surface area (Å²) in [7, 11) is 0. The summed E-state index contributed by atoms with van der Waals surface area (Å²) in [5.74, 6) is -1.75. The first-order valence-electron chi connectivity index (χ1n) is 10.1. The normalized spacial score (nSPS) is 14.6. The number of esters is 2. The molecule has 7 nitrogen and oxygen atoms in total. The predicted molar refractivity (Wildman–Crippen MR) is 112 cm³/mol. The van der Waals surface area contributed by atoms with Crippen LogP contribution in [-0.4, -0.2) is 36.3 Å². The van der Waals surface area contributed by atoms with E-state index in [2.05, 4.69) is 5.32 Å². The van der Waals surface area contributed by atoms with Gasteiger partial charge in [-0.1, -0.05) is 18.6 Å². The van der Waals surface area contributed by atoms with E-state index >= 15 is 0 Å². The molecule has 0 saturated heterocycles. The molecule has 0 radical (unpaired) electrons. The molecule has 1 amide bonds. The number of ketones is 1. The Bertz CT molecular complexity index is 803. The van der Waals surface area contributed by atoms with Gasteiger partial charge >= 0.3 is 11.9 Å². The zero-order valence-electron chi connectivity index (χ0n) is 17.1. The average Bonchev–Trinajstić information content (AvgIpc) is 2.73. The van der Waals surface area contributed by atoms with Crippen LogP contribution in [-0.2, 0) is 35.1 Å². The monoisotopic (exact) mass is 413 g/mol. The van der Waals surface area contributed by atoms with Crippen LogP contribution in [0.2, 0.25) is 0 Å². The molecule has 1 aromatic carbocycles. The SMILES string of the molecule is CCOC(=O)/C=C\C(=O)Cc1ccc(NC(=O)/C=C\C(=O)OC2CCCCC2)cc1. The molecule has 1 aromatic rings. The fourth-order valence-electron chi connectivity index (χ4n) is 3.03. The summed E-state index contributed by atoms with van der Waals surface area (Å²) in [4.78, 5) is 46.8. The van der Waals surface area contributed by atoms with Gasteiger partial charge in [0.15, 0.2) is 5.78 Å². The van der Waals surface area contributed by atoms with Gasteiger partial charge in [-0.25, -0.2) is 9.59 Å². The minimum atomic E-state index is -0.556. The first-order chi connectivity index (χ1) is 14.5. The molecule has 1 aliphatic carbocycles. The number of benzene rings is 1. The molecule has 0 spiro atoms. The lowest BCUT2D eigenvalue weighted by Crippen LogP contribution is -2.20. The van der Waals surface area contributed by atoms with Crippen LogP contribution in [0.15, 0.2) is 48.6 Å². The highest BCUT2D eigenvalue weighted by atomic mass is 16.5. The highest BCUT2D eigenvalue weighted by Gasteiger charge is 2.16. The summed E-state index contributed by atoms with van der Waals surface area (Å²) < 4.78 is 10.0. The molecule has 0 aliphatic heterocycles. The molecule has 0 aromatic heterocycles. The van der Waals surface area contributed by atoms with E-state index in [1.165, 1.54) is 12.5 Å². The van der Waals surface area contributed by atoms with E-state index in [-0.39, 0.29) is 24.9 Å². The molecule has 1 fully saturated rings. The van der Waals surface area contributed by atoms with Crippen LogP contribution in [0.25, 0.3) is 0 Å². The van der Waals surface area contributed by atoms with Gasteiger partial charge in [0, 0.05) is 30.3 Å². The van der Waals surface area contributed by atoms with Gasteiger partial charge in [-0.05, 0) is 56.4 Å². The Hall–Kier alpha value is -3.22. The highest BCUT2D eigenvalue weighted by molar-refractivity contribution is 6.02. The van der Waals surface area contributed by atoms with Gasteiger partial charge in [0.05, 0.1) is 6.61 Å². The van der Waals surface area contributed by atoms with Crippen molar-refractivity contribution in [2.24, 2.45) is 0 Å². The van der Waals surface area contributed by atoms with Gasteiger partial charge in [-0.15, -0.1) is 0 Å². The zero-order valence-corrected chi connectivity index (χ0v) is 17.1. The Balaban J connectivity index is 1.77. The maximum absolute atomic E-state index is 12.0. The number of hydrogen-bond donors (Lipinski definition) is 1. The Morgan fingerprint density at radius 1 is 0.933 bits per heavy atom. The lowest BCUT2D eigenvalue weighted by atomic mass is 9.98. The standard InChI is InChI=1S/C23H27NO6/c1-2-29-22(27)14-12-19(25)16-17-8-10-18(11-9-17)24-21(26)13-15-23(28)30-20-6-4-3-5-7-20/h8-15,20H,2-7,16H2,1H3,(H,24,26)/b14-12-,15-13-. The van der Waals surface area contributed by atoms with Crippen LogP contribution < -0.4 is 5.32 Å². The first-order valence-corrected chi connectivity index (χ1v) is 10.1. The second kappa shape index (κ2) is 12.4. The second-order valence-corrected chi connectivity index (χ2v) is 6.94. The molecule has 0 bridgehead atoms. The number of hydrogen-bond acceptors (Lipinski definition) is 6. The Morgan fingerprint density at radius 3 is 2.27 bits per heavy atom. The van der Waals surface area contributed by atoms with Crippen LogP contribution in [0.3, 0.4) is 0 Å². The van der Waals surface area contributed by atoms with Crippen molar-refractivity contribution in [1.29, 1.82) is 0 Å². The largest absolute Gasteiger partial charge is 0.463 e. The third kappa shape index (κ3) is 8.86. The lowest BCUT2D eigenvalue weighted by Gasteiger charge is -2.20. The number of anilines is 1. The molecule has 160 valence electrons. The van der Waals surface area contributed by atoms with E-state index in [9.17, 15) is 19.2 Å². The van der Waals surface area contributed by atoms with Crippen molar-refractivity contribution in [2.75, 3.05) is 11.9 Å². The number of carbonyl (C=O) groups excluding carboxylic acids is 4. The molecule has 1 saturated carbocycles. The quantitative estimate of drug-likeness (QED) is 0.493. The molecule has 1 N–H and O–H groups in total. The van der Waals surface area contributed by atoms with Gasteiger partial charge < -0.3 is 14.8 Å². The van der Waals surface area contributed by atoms with Crippen LogP contribution in [0.5, 0.6) is 0 Å². The minimum Gasteiger partial charge on any atom is -0.463 e. The van der Waals surface area contributed by atoms with E-state index in [1.807, 2.05) is 0 Å². The molecule has 1 aliphatic rings. The number of allylic oxidation sites excluding steroid dienone is 1. The maximum atomic E-state index is 12.0. The summed E-state index contributed by atoms with van der Waals surface area (Å²) >= 11 is 0. The first kappa shape index (κ1) is 23.1. The Kier molecular flexibility index (Phi) is 9.51. The van der Waals surface area contributed by atoms with Gasteiger partial charge in [0.1, 0.15) is 6.10 Å². The molecule has 30 heavy (non-hydrogen) atoms. The van der Waals surface area contributed by atoms with Gasteiger partial charge in [0.25, 0.3) is 0 Å². The topological polar surface area (TPSA) is 98.8 Å². The van der Waals surface area contributed by atoms with Gasteiger partial charge in [-0.3, -0.25) is 9.59 Å². The molecular formula is C23H27NO6. The Labute approximate surface area is 176 Å². The maximum Gasteiger partial charge on any atom is 0.331 e. The van der Waals surface area contributed by atoms with E-state index in [0.29, 0.717) is 5.69 Å². The molecule has 7 heteroatoms. The van der Waals surface area contributed by atoms with Crippen molar-refractivity contribution in [2.45, 2.75) is 51.6 Å². The summed E-state index contributed by atoms with van der Waals surface area (Å²) in [6.07, 6.45) is 9.67. The van der Waals surface area contributed by atoms with E-state index < -0.39 is 17.8 Å². The number of amides is 1. The minimum absolute atomic E-state index is 0.0543. The number of carbonyl (C=O) groups is 4. The van der Waals surface area contributed by atoms with Crippen molar-refractivity contribution in [1.82, 2.24) is 0 Å². The van der Waals surface area contributed by atoms with Crippen LogP contribution in [0.4, 0.5) is 5.69 Å². The molecular weight excluding hydrogens is 386 g/mol. The summed E-state index contributed by atoms with van der Waals surface area (Å²) in [6.45, 7) is 1.94. The molecule has 0 atom stereocenters. The van der Waals surface area contributed by atoms with E-state index in [0.717, 1.165) is 49.5 Å². The summed E-state index contributed by atoms with van der Waals surface area (Å²) in [5.41, 5.74) is 1.27. The van der Waals surface area contributed by atoms with Crippen LogP contribution >= 0.6 is 0 Å². The van der Waals surface area contributed by atoms with Crippen molar-refractivity contribution in [3.63, 3.8) is 0 Å². The second-order valence-electron chi connectivity index (χ2n) is 6.94. The van der Waals surface area contributed by atoms with Crippen LogP contribution in [0.1, 0.15) is 44.6 Å².